The van der Waals surface area contributed by atoms with Gasteiger partial charge >= 0.3 is 0 Å². The molecule has 0 bridgehead atoms. The summed E-state index contributed by atoms with van der Waals surface area (Å²) in [7, 11) is 0. The quantitative estimate of drug-likeness (QED) is 0.748. The molecule has 3 fully saturated rings. The van der Waals surface area contributed by atoms with E-state index < -0.39 is 0 Å². The predicted molar refractivity (Wildman–Crippen MR) is 110 cm³/mol. The average molecular weight is 397 g/mol. The van der Waals surface area contributed by atoms with Gasteiger partial charge in [0.1, 0.15) is 0 Å². The Kier molecular flexibility index (Phi) is 5.88. The molecule has 2 aliphatic heterocycles. The van der Waals surface area contributed by atoms with Gasteiger partial charge in [0.05, 0.1) is 18.7 Å². The fourth-order valence-electron chi connectivity index (χ4n) is 5.31. The molecule has 0 amide bonds. The minimum absolute atomic E-state index is 0.0957. The standard InChI is InChI=1S/C22H32N6O/c1-2-7-18(8-3-1)21(22-23-24-25-28(22)17-20-11-6-16-29-20)27-14-12-26(13-15-27)19-9-4-5-10-19/h1-3,7-8,19-21H,4-6,9-17H2/t20-,21+/m1/s1. The van der Waals surface area contributed by atoms with E-state index in [9.17, 15) is 0 Å². The van der Waals surface area contributed by atoms with E-state index in [1.54, 1.807) is 0 Å². The third-order valence-electron chi connectivity index (χ3n) is 6.88. The van der Waals surface area contributed by atoms with Crippen molar-refractivity contribution in [2.75, 3.05) is 32.8 Å². The van der Waals surface area contributed by atoms with Crippen LogP contribution in [0.5, 0.6) is 0 Å². The van der Waals surface area contributed by atoms with Crippen LogP contribution in [0.25, 0.3) is 0 Å². The molecule has 0 spiro atoms. The number of hydrogen-bond donors (Lipinski definition) is 0. The zero-order chi connectivity index (χ0) is 19.5. The van der Waals surface area contributed by atoms with Gasteiger partial charge in [-0.15, -0.1) is 5.10 Å². The highest BCUT2D eigenvalue weighted by molar-refractivity contribution is 5.25. The maximum atomic E-state index is 5.85. The van der Waals surface area contributed by atoms with Crippen LogP contribution >= 0.6 is 0 Å². The molecule has 0 radical (unpaired) electrons. The minimum Gasteiger partial charge on any atom is -0.376 e. The van der Waals surface area contributed by atoms with E-state index in [1.807, 2.05) is 4.68 Å². The highest BCUT2D eigenvalue weighted by Crippen LogP contribution is 2.30. The molecule has 7 heteroatoms. The number of benzene rings is 1. The Hall–Kier alpha value is -1.83. The Morgan fingerprint density at radius 1 is 0.966 bits per heavy atom. The van der Waals surface area contributed by atoms with Gasteiger partial charge in [-0.3, -0.25) is 9.80 Å². The first kappa shape index (κ1) is 19.2. The average Bonchev–Trinajstić information content (AvgIpc) is 3.54. The lowest BCUT2D eigenvalue weighted by atomic mass is 10.0. The Balaban J connectivity index is 1.36. The highest BCUT2D eigenvalue weighted by atomic mass is 16.5. The molecule has 7 nitrogen and oxygen atoms in total. The SMILES string of the molecule is c1ccc([C@@H](c2nnnn2C[C@H]2CCCO2)N2CCN(C3CCCC3)CC2)cc1. The second-order valence-electron chi connectivity index (χ2n) is 8.68. The van der Waals surface area contributed by atoms with E-state index in [0.29, 0.717) is 0 Å². The zero-order valence-electron chi connectivity index (χ0n) is 17.2. The molecule has 2 atom stereocenters. The van der Waals surface area contributed by atoms with Gasteiger partial charge in [0, 0.05) is 38.8 Å². The van der Waals surface area contributed by atoms with Gasteiger partial charge in [-0.2, -0.15) is 0 Å². The molecule has 156 valence electrons. The molecule has 1 saturated carbocycles. The molecule has 1 aromatic heterocycles. The molecule has 2 aromatic rings. The molecule has 1 aromatic carbocycles. The molecular formula is C22H32N6O. The van der Waals surface area contributed by atoms with Crippen molar-refractivity contribution in [3.8, 4) is 0 Å². The van der Waals surface area contributed by atoms with Crippen molar-refractivity contribution < 1.29 is 4.74 Å². The van der Waals surface area contributed by atoms with Gasteiger partial charge in [0.25, 0.3) is 0 Å². The first-order valence-corrected chi connectivity index (χ1v) is 11.3. The smallest absolute Gasteiger partial charge is 0.173 e. The van der Waals surface area contributed by atoms with E-state index in [2.05, 4.69) is 55.7 Å². The maximum absolute atomic E-state index is 5.85. The van der Waals surface area contributed by atoms with Crippen LogP contribution in [0.2, 0.25) is 0 Å². The van der Waals surface area contributed by atoms with E-state index >= 15 is 0 Å². The van der Waals surface area contributed by atoms with Crippen LogP contribution in [0.4, 0.5) is 0 Å². The van der Waals surface area contributed by atoms with Crippen molar-refractivity contribution >= 4 is 0 Å². The number of aromatic nitrogens is 4. The first-order chi connectivity index (χ1) is 14.4. The summed E-state index contributed by atoms with van der Waals surface area (Å²) in [6.45, 7) is 6.00. The summed E-state index contributed by atoms with van der Waals surface area (Å²) in [5.41, 5.74) is 1.27. The highest BCUT2D eigenvalue weighted by Gasteiger charge is 2.33. The Morgan fingerprint density at radius 2 is 1.76 bits per heavy atom. The van der Waals surface area contributed by atoms with Crippen molar-refractivity contribution in [3.63, 3.8) is 0 Å². The van der Waals surface area contributed by atoms with Crippen molar-refractivity contribution in [2.45, 2.75) is 63.3 Å². The maximum Gasteiger partial charge on any atom is 0.173 e. The molecule has 5 rings (SSSR count). The molecule has 2 saturated heterocycles. The van der Waals surface area contributed by atoms with Crippen molar-refractivity contribution in [3.05, 3.63) is 41.7 Å². The van der Waals surface area contributed by atoms with Gasteiger partial charge in [0.2, 0.25) is 0 Å². The molecule has 1 aliphatic carbocycles. The topological polar surface area (TPSA) is 59.3 Å². The second kappa shape index (κ2) is 8.90. The van der Waals surface area contributed by atoms with Crippen LogP contribution in [-0.4, -0.2) is 74.9 Å². The lowest BCUT2D eigenvalue weighted by Crippen LogP contribution is -2.51. The first-order valence-electron chi connectivity index (χ1n) is 11.3. The Labute approximate surface area is 173 Å². The van der Waals surface area contributed by atoms with E-state index in [0.717, 1.165) is 64.0 Å². The monoisotopic (exact) mass is 396 g/mol. The minimum atomic E-state index is 0.0957. The Morgan fingerprint density at radius 3 is 2.48 bits per heavy atom. The lowest BCUT2D eigenvalue weighted by molar-refractivity contribution is 0.0720. The van der Waals surface area contributed by atoms with Gasteiger partial charge in [0.15, 0.2) is 5.82 Å². The zero-order valence-corrected chi connectivity index (χ0v) is 17.2. The summed E-state index contributed by atoms with van der Waals surface area (Å²) in [6.07, 6.45) is 8.00. The molecule has 3 aliphatic rings. The number of nitrogens with zero attached hydrogens (tertiary/aromatic N) is 6. The van der Waals surface area contributed by atoms with Crippen LogP contribution < -0.4 is 0 Å². The second-order valence-corrected chi connectivity index (χ2v) is 8.68. The molecule has 3 heterocycles. The van der Waals surface area contributed by atoms with Crippen LogP contribution in [0, 0.1) is 0 Å². The predicted octanol–water partition coefficient (Wildman–Crippen LogP) is 2.50. The molecule has 0 unspecified atom stereocenters. The van der Waals surface area contributed by atoms with E-state index in [-0.39, 0.29) is 12.1 Å². The van der Waals surface area contributed by atoms with Gasteiger partial charge in [-0.1, -0.05) is 43.2 Å². The fraction of sp³-hybridized carbons (Fsp3) is 0.682. The van der Waals surface area contributed by atoms with Gasteiger partial charge in [-0.05, 0) is 41.7 Å². The van der Waals surface area contributed by atoms with Gasteiger partial charge < -0.3 is 4.74 Å². The Bertz CT molecular complexity index is 761. The molecule has 0 N–H and O–H groups in total. The summed E-state index contributed by atoms with van der Waals surface area (Å²) in [4.78, 5) is 5.28. The number of tetrazole rings is 1. The fourth-order valence-corrected chi connectivity index (χ4v) is 5.31. The number of hydrogen-bond acceptors (Lipinski definition) is 6. The number of piperazine rings is 1. The van der Waals surface area contributed by atoms with E-state index in [1.165, 1.54) is 31.2 Å². The lowest BCUT2D eigenvalue weighted by Gasteiger charge is -2.41. The van der Waals surface area contributed by atoms with Crippen molar-refractivity contribution in [1.82, 2.24) is 30.0 Å². The van der Waals surface area contributed by atoms with Crippen molar-refractivity contribution in [1.29, 1.82) is 0 Å². The molecule has 29 heavy (non-hydrogen) atoms. The van der Waals surface area contributed by atoms with Crippen LogP contribution in [-0.2, 0) is 11.3 Å². The summed E-state index contributed by atoms with van der Waals surface area (Å²) < 4.78 is 7.83. The summed E-state index contributed by atoms with van der Waals surface area (Å²) in [5, 5.41) is 12.9. The van der Waals surface area contributed by atoms with Crippen molar-refractivity contribution in [2.24, 2.45) is 0 Å². The summed E-state index contributed by atoms with van der Waals surface area (Å²) >= 11 is 0. The third-order valence-corrected chi connectivity index (χ3v) is 6.88. The number of ether oxygens (including phenoxy) is 1. The number of rotatable bonds is 6. The molecular weight excluding hydrogens is 364 g/mol. The third kappa shape index (κ3) is 4.22. The van der Waals surface area contributed by atoms with Gasteiger partial charge in [-0.25, -0.2) is 4.68 Å². The van der Waals surface area contributed by atoms with Crippen LogP contribution in [0.1, 0.15) is 56.0 Å². The van der Waals surface area contributed by atoms with E-state index in [4.69, 9.17) is 4.74 Å². The largest absolute Gasteiger partial charge is 0.376 e. The van der Waals surface area contributed by atoms with Crippen LogP contribution in [0.3, 0.4) is 0 Å². The normalized spacial score (nSPS) is 25.6. The van der Waals surface area contributed by atoms with Crippen LogP contribution in [0.15, 0.2) is 30.3 Å². The summed E-state index contributed by atoms with van der Waals surface area (Å²) in [6, 6.07) is 11.6. The summed E-state index contributed by atoms with van der Waals surface area (Å²) in [5.74, 6) is 0.945.